The fourth-order valence-corrected chi connectivity index (χ4v) is 4.49. The number of nitrogens with zero attached hydrogens (tertiary/aromatic N) is 1. The molecule has 0 saturated heterocycles. The lowest BCUT2D eigenvalue weighted by Crippen LogP contribution is -2.23. The average Bonchev–Trinajstić information content (AvgIpc) is 3.57. The number of aryl methyl sites for hydroxylation is 2. The summed E-state index contributed by atoms with van der Waals surface area (Å²) >= 11 is 0. The summed E-state index contributed by atoms with van der Waals surface area (Å²) in [5.41, 5.74) is 0.672. The van der Waals surface area contributed by atoms with E-state index in [1.54, 1.807) is 43.5 Å². The van der Waals surface area contributed by atoms with Crippen molar-refractivity contribution in [3.8, 4) is 22.9 Å². The van der Waals surface area contributed by atoms with Gasteiger partial charge in [0.25, 0.3) is 0 Å². The Bertz CT molecular complexity index is 1710. The Balaban J connectivity index is 1.47. The quantitative estimate of drug-likeness (QED) is 0.185. The van der Waals surface area contributed by atoms with Gasteiger partial charge in [-0.25, -0.2) is 18.2 Å². The van der Waals surface area contributed by atoms with Gasteiger partial charge in [-0.1, -0.05) is 24.3 Å². The zero-order valence-corrected chi connectivity index (χ0v) is 21.0. The van der Waals surface area contributed by atoms with Crippen molar-refractivity contribution in [1.82, 2.24) is 15.0 Å². The summed E-state index contributed by atoms with van der Waals surface area (Å²) in [5, 5.41) is 20.9. The number of carboxylic acids is 1. The number of aliphatic carboxylic acids is 1. The van der Waals surface area contributed by atoms with Gasteiger partial charge in [-0.2, -0.15) is 0 Å². The number of aliphatic hydroxyl groups is 1. The standard InChI is InChI=1S/C29H24F3N3O4/c1-15-18-8-9-33-23(18)13-22(32)27(15)39-24-11-19(20(30)12-21(24)31)28-34-14-25(35-28)29(2,38)17-5-3-4-16(10-17)6-7-26(36)37/h3-5,8-14,33,38H,6-7H2,1-2H3,(H,34,35)(H,36,37). The predicted molar refractivity (Wildman–Crippen MR) is 138 cm³/mol. The maximum Gasteiger partial charge on any atom is 0.303 e. The van der Waals surface area contributed by atoms with Crippen molar-refractivity contribution in [3.05, 3.63) is 101 Å². The zero-order valence-electron chi connectivity index (χ0n) is 21.0. The second kappa shape index (κ2) is 9.95. The summed E-state index contributed by atoms with van der Waals surface area (Å²) < 4.78 is 50.0. The first-order valence-electron chi connectivity index (χ1n) is 12.1. The summed E-state index contributed by atoms with van der Waals surface area (Å²) in [4.78, 5) is 20.9. The number of aromatic amines is 2. The highest BCUT2D eigenvalue weighted by molar-refractivity contribution is 5.85. The highest BCUT2D eigenvalue weighted by atomic mass is 19.1. The molecule has 2 heterocycles. The van der Waals surface area contributed by atoms with Crippen molar-refractivity contribution in [3.63, 3.8) is 0 Å². The van der Waals surface area contributed by atoms with Crippen molar-refractivity contribution >= 4 is 16.9 Å². The van der Waals surface area contributed by atoms with E-state index >= 15 is 0 Å². The number of carboxylic acid groups (broad SMARTS) is 1. The van der Waals surface area contributed by atoms with Gasteiger partial charge in [0.1, 0.15) is 17.2 Å². The summed E-state index contributed by atoms with van der Waals surface area (Å²) in [6.07, 6.45) is 3.20. The van der Waals surface area contributed by atoms with Gasteiger partial charge >= 0.3 is 5.97 Å². The van der Waals surface area contributed by atoms with Gasteiger partial charge < -0.3 is 24.9 Å². The number of carbonyl (C=O) groups is 1. The normalized spacial score (nSPS) is 13.0. The number of rotatable bonds is 8. The molecule has 0 saturated carbocycles. The largest absolute Gasteiger partial charge is 0.481 e. The van der Waals surface area contributed by atoms with E-state index in [0.29, 0.717) is 28.1 Å². The lowest BCUT2D eigenvalue weighted by Gasteiger charge is -2.23. The molecule has 3 aromatic carbocycles. The summed E-state index contributed by atoms with van der Waals surface area (Å²) in [6.45, 7) is 3.15. The van der Waals surface area contributed by atoms with Crippen LogP contribution in [0.15, 0.2) is 60.9 Å². The summed E-state index contributed by atoms with van der Waals surface area (Å²) in [6, 6.07) is 11.5. The smallest absolute Gasteiger partial charge is 0.303 e. The lowest BCUT2D eigenvalue weighted by molar-refractivity contribution is -0.136. The number of hydrogen-bond acceptors (Lipinski definition) is 4. The molecule has 5 aromatic rings. The molecule has 0 aliphatic carbocycles. The third-order valence-corrected chi connectivity index (χ3v) is 6.72. The Morgan fingerprint density at radius 2 is 1.87 bits per heavy atom. The first-order chi connectivity index (χ1) is 18.5. The first-order valence-corrected chi connectivity index (χ1v) is 12.1. The van der Waals surface area contributed by atoms with Crippen LogP contribution in [0.5, 0.6) is 11.5 Å². The second-order valence-corrected chi connectivity index (χ2v) is 9.43. The van der Waals surface area contributed by atoms with Crippen LogP contribution >= 0.6 is 0 Å². The molecular formula is C29H24F3N3O4. The Labute approximate surface area is 220 Å². The molecular weight excluding hydrogens is 511 g/mol. The number of nitrogens with one attached hydrogen (secondary N) is 2. The molecule has 0 radical (unpaired) electrons. The van der Waals surface area contributed by atoms with Crippen molar-refractivity contribution in [2.75, 3.05) is 0 Å². The average molecular weight is 536 g/mol. The van der Waals surface area contributed by atoms with Gasteiger partial charge in [0.05, 0.1) is 17.5 Å². The van der Waals surface area contributed by atoms with E-state index in [4.69, 9.17) is 9.84 Å². The number of benzene rings is 3. The molecule has 0 bridgehead atoms. The number of halogens is 3. The molecule has 0 amide bonds. The van der Waals surface area contributed by atoms with Crippen LogP contribution in [0.4, 0.5) is 13.2 Å². The van der Waals surface area contributed by atoms with Crippen LogP contribution in [-0.4, -0.2) is 31.1 Å². The molecule has 1 unspecified atom stereocenters. The highest BCUT2D eigenvalue weighted by Gasteiger charge is 2.29. The number of fused-ring (bicyclic) bond motifs is 1. The van der Waals surface area contributed by atoms with Gasteiger partial charge in [0.2, 0.25) is 0 Å². The van der Waals surface area contributed by atoms with E-state index < -0.39 is 34.8 Å². The van der Waals surface area contributed by atoms with Crippen molar-refractivity contribution in [2.24, 2.45) is 0 Å². The van der Waals surface area contributed by atoms with Crippen LogP contribution in [0.2, 0.25) is 0 Å². The van der Waals surface area contributed by atoms with Crippen molar-refractivity contribution in [1.29, 1.82) is 0 Å². The van der Waals surface area contributed by atoms with Gasteiger partial charge in [0, 0.05) is 41.2 Å². The minimum absolute atomic E-state index is 0.00654. The molecule has 0 fully saturated rings. The molecule has 39 heavy (non-hydrogen) atoms. The number of ether oxygens (including phenoxy) is 1. The van der Waals surface area contributed by atoms with Crippen LogP contribution in [0.25, 0.3) is 22.3 Å². The molecule has 1 atom stereocenters. The van der Waals surface area contributed by atoms with E-state index in [-0.39, 0.29) is 35.7 Å². The second-order valence-electron chi connectivity index (χ2n) is 9.43. The Morgan fingerprint density at radius 1 is 1.08 bits per heavy atom. The molecule has 0 spiro atoms. The van der Waals surface area contributed by atoms with Crippen LogP contribution in [0.3, 0.4) is 0 Å². The molecule has 0 aliphatic heterocycles. The highest BCUT2D eigenvalue weighted by Crippen LogP contribution is 2.37. The zero-order chi connectivity index (χ0) is 27.9. The van der Waals surface area contributed by atoms with Gasteiger partial charge in [0.15, 0.2) is 23.1 Å². The molecule has 7 nitrogen and oxygen atoms in total. The third-order valence-electron chi connectivity index (χ3n) is 6.72. The van der Waals surface area contributed by atoms with Gasteiger partial charge in [-0.15, -0.1) is 0 Å². The fraction of sp³-hybridized carbons (Fsp3) is 0.172. The number of H-pyrrole nitrogens is 2. The Kier molecular flexibility index (Phi) is 6.65. The summed E-state index contributed by atoms with van der Waals surface area (Å²) in [7, 11) is 0. The topological polar surface area (TPSA) is 111 Å². The molecule has 10 heteroatoms. The van der Waals surface area contributed by atoms with Gasteiger partial charge in [-0.05, 0) is 43.5 Å². The maximum absolute atomic E-state index is 14.9. The lowest BCUT2D eigenvalue weighted by atomic mass is 9.91. The minimum Gasteiger partial charge on any atom is -0.481 e. The van der Waals surface area contributed by atoms with E-state index in [1.165, 1.54) is 19.2 Å². The van der Waals surface area contributed by atoms with Crippen LogP contribution in [-0.2, 0) is 16.8 Å². The van der Waals surface area contributed by atoms with E-state index in [1.807, 2.05) is 0 Å². The SMILES string of the molecule is Cc1c(Oc2cc(-c3ncc(C(C)(O)c4cccc(CCC(=O)O)c4)[nH]3)c(F)cc2F)c(F)cc2[nH]ccc12. The maximum atomic E-state index is 14.9. The predicted octanol–water partition coefficient (Wildman–Crippen LogP) is 6.35. The Morgan fingerprint density at radius 3 is 2.64 bits per heavy atom. The first kappa shape index (κ1) is 26.1. The van der Waals surface area contributed by atoms with E-state index in [2.05, 4.69) is 15.0 Å². The summed E-state index contributed by atoms with van der Waals surface area (Å²) in [5.74, 6) is -4.21. The van der Waals surface area contributed by atoms with E-state index in [9.17, 15) is 23.1 Å². The monoisotopic (exact) mass is 535 g/mol. The van der Waals surface area contributed by atoms with Crippen LogP contribution in [0, 0.1) is 24.4 Å². The third kappa shape index (κ3) is 4.98. The molecule has 0 aliphatic rings. The van der Waals surface area contributed by atoms with Crippen LogP contribution < -0.4 is 4.74 Å². The number of aromatic nitrogens is 3. The molecule has 5 rings (SSSR count). The van der Waals surface area contributed by atoms with E-state index in [0.717, 1.165) is 11.6 Å². The number of hydrogen-bond donors (Lipinski definition) is 4. The van der Waals surface area contributed by atoms with Crippen molar-refractivity contribution < 1.29 is 32.9 Å². The van der Waals surface area contributed by atoms with Gasteiger partial charge in [-0.3, -0.25) is 4.79 Å². The number of imidazole rings is 1. The Hall–Kier alpha value is -4.57. The van der Waals surface area contributed by atoms with Crippen LogP contribution in [0.1, 0.15) is 35.7 Å². The molecule has 2 aromatic heterocycles. The fourth-order valence-electron chi connectivity index (χ4n) is 4.49. The van der Waals surface area contributed by atoms with Crippen molar-refractivity contribution in [2.45, 2.75) is 32.3 Å². The molecule has 4 N–H and O–H groups in total. The minimum atomic E-state index is -1.59. The molecule has 200 valence electrons.